The molecular weight excluding hydrogens is 426 g/mol. The summed E-state index contributed by atoms with van der Waals surface area (Å²) in [5, 5.41) is 15.6. The number of fused-ring (bicyclic) bond motifs is 1. The predicted molar refractivity (Wildman–Crippen MR) is 117 cm³/mol. The Morgan fingerprint density at radius 1 is 1.23 bits per heavy atom. The van der Waals surface area contributed by atoms with Gasteiger partial charge in [0.2, 0.25) is 0 Å². The highest BCUT2D eigenvalue weighted by atomic mass is 35.5. The Kier molecular flexibility index (Phi) is 6.01. The van der Waals surface area contributed by atoms with Gasteiger partial charge in [-0.15, -0.1) is 0 Å². The Hall–Kier alpha value is -1.77. The number of phenols is 1. The van der Waals surface area contributed by atoms with Gasteiger partial charge in [-0.2, -0.15) is 0 Å². The molecular formula is C21H28ClN3O4S. The maximum Gasteiger partial charge on any atom is 0.319 e. The average molecular weight is 454 g/mol. The van der Waals surface area contributed by atoms with Crippen molar-refractivity contribution in [1.29, 1.82) is 0 Å². The number of carbonyl (C=O) groups excluding carboxylic acids is 1. The molecule has 3 N–H and O–H groups in total. The fourth-order valence-electron chi connectivity index (χ4n) is 4.90. The number of halogens is 1. The number of rotatable bonds is 4. The number of urea groups is 1. The van der Waals surface area contributed by atoms with Crippen molar-refractivity contribution in [3.8, 4) is 5.75 Å². The Labute approximate surface area is 182 Å². The van der Waals surface area contributed by atoms with Gasteiger partial charge in [-0.3, -0.25) is 0 Å². The number of nitrogens with one attached hydrogen (secondary N) is 2. The van der Waals surface area contributed by atoms with E-state index in [1.807, 2.05) is 6.92 Å². The summed E-state index contributed by atoms with van der Waals surface area (Å²) in [6, 6.07) is 2.56. The van der Waals surface area contributed by atoms with Gasteiger partial charge in [-0.05, 0) is 70.7 Å². The van der Waals surface area contributed by atoms with Gasteiger partial charge in [-0.25, -0.2) is 13.2 Å². The van der Waals surface area contributed by atoms with Crippen LogP contribution in [-0.4, -0.2) is 54.9 Å². The van der Waals surface area contributed by atoms with Crippen LogP contribution in [0.2, 0.25) is 5.02 Å². The molecule has 1 aromatic rings. The smallest absolute Gasteiger partial charge is 0.319 e. The molecule has 9 heteroatoms. The van der Waals surface area contributed by atoms with E-state index in [0.29, 0.717) is 12.8 Å². The van der Waals surface area contributed by atoms with Crippen LogP contribution in [0.25, 0.3) is 0 Å². The first kappa shape index (κ1) is 21.5. The monoisotopic (exact) mass is 453 g/mol. The molecule has 0 spiro atoms. The third-order valence-corrected chi connectivity index (χ3v) is 9.32. The maximum atomic E-state index is 13.4. The van der Waals surface area contributed by atoms with Crippen LogP contribution in [-0.2, 0) is 9.84 Å². The van der Waals surface area contributed by atoms with Gasteiger partial charge in [0.15, 0.2) is 15.6 Å². The summed E-state index contributed by atoms with van der Waals surface area (Å²) in [6.45, 7) is 3.72. The van der Waals surface area contributed by atoms with E-state index in [0.717, 1.165) is 44.3 Å². The van der Waals surface area contributed by atoms with Crippen LogP contribution in [0, 0.1) is 0 Å². The average Bonchev–Trinajstić information content (AvgIpc) is 3.32. The van der Waals surface area contributed by atoms with Gasteiger partial charge < -0.3 is 20.6 Å². The number of hydrogen-bond acceptors (Lipinski definition) is 5. The van der Waals surface area contributed by atoms with Gasteiger partial charge >= 0.3 is 6.03 Å². The lowest BCUT2D eigenvalue weighted by molar-refractivity contribution is 0.199. The van der Waals surface area contributed by atoms with Gasteiger partial charge in [0.05, 0.1) is 22.0 Å². The Bertz CT molecular complexity index is 979. The summed E-state index contributed by atoms with van der Waals surface area (Å²) in [6.07, 6.45) is 6.96. The summed E-state index contributed by atoms with van der Waals surface area (Å²) < 4.78 is 26.8. The van der Waals surface area contributed by atoms with E-state index in [9.17, 15) is 18.3 Å². The van der Waals surface area contributed by atoms with E-state index in [-0.39, 0.29) is 27.7 Å². The highest BCUT2D eigenvalue weighted by molar-refractivity contribution is 7.92. The lowest BCUT2D eigenvalue weighted by atomic mass is 10.0. The van der Waals surface area contributed by atoms with Gasteiger partial charge in [-0.1, -0.05) is 23.3 Å². The molecule has 2 unspecified atom stereocenters. The first-order valence-corrected chi connectivity index (χ1v) is 12.4. The molecule has 3 aliphatic rings. The molecule has 4 rings (SSSR count). The molecule has 0 radical (unpaired) electrons. The molecule has 2 amide bonds. The first-order chi connectivity index (χ1) is 14.3. The second-order valence-electron chi connectivity index (χ2n) is 8.47. The molecule has 0 aromatic heterocycles. The molecule has 2 aliphatic heterocycles. The van der Waals surface area contributed by atoms with Crippen LogP contribution in [0.1, 0.15) is 45.4 Å². The summed E-state index contributed by atoms with van der Waals surface area (Å²) in [4.78, 5) is 14.5. The third kappa shape index (κ3) is 4.05. The van der Waals surface area contributed by atoms with Gasteiger partial charge in [0.25, 0.3) is 0 Å². The normalized spacial score (nSPS) is 26.9. The quantitative estimate of drug-likeness (QED) is 0.477. The standard InChI is InChI=1S/C21H28ClN3O4S/c1-13-4-2-6-17(13)23-21(27)24-18-8-7-16(22)20(19(18)26)30(28,29)15-9-11-25-10-3-5-14(25)12-15/h4,7-8,14-15,17,26H,2-3,5-6,9-12H2,1H3,(H2,23,24,27)/t14?,15?,17-/m1/s1. The fourth-order valence-corrected chi connectivity index (χ4v) is 7.32. The van der Waals surface area contributed by atoms with Crippen molar-refractivity contribution in [2.45, 2.75) is 67.7 Å². The summed E-state index contributed by atoms with van der Waals surface area (Å²) in [5.74, 6) is -0.495. The SMILES string of the molecule is CC1=CCC[C@H]1NC(=O)Nc1ccc(Cl)c(S(=O)(=O)C2CCN3CCCC3C2)c1O. The van der Waals surface area contributed by atoms with Crippen molar-refractivity contribution in [3.05, 3.63) is 28.8 Å². The largest absolute Gasteiger partial charge is 0.504 e. The van der Waals surface area contributed by atoms with E-state index in [1.54, 1.807) is 0 Å². The zero-order chi connectivity index (χ0) is 21.5. The number of carbonyl (C=O) groups is 1. The Morgan fingerprint density at radius 3 is 2.77 bits per heavy atom. The Morgan fingerprint density at radius 2 is 2.03 bits per heavy atom. The van der Waals surface area contributed by atoms with Crippen molar-refractivity contribution in [3.63, 3.8) is 0 Å². The number of anilines is 1. The second kappa shape index (κ2) is 8.40. The van der Waals surface area contributed by atoms with E-state index < -0.39 is 26.9 Å². The minimum atomic E-state index is -3.84. The van der Waals surface area contributed by atoms with E-state index in [4.69, 9.17) is 11.6 Å². The number of benzene rings is 1. The topological polar surface area (TPSA) is 98.7 Å². The number of aromatic hydroxyl groups is 1. The molecule has 7 nitrogen and oxygen atoms in total. The molecule has 2 heterocycles. The number of amides is 2. The summed E-state index contributed by atoms with van der Waals surface area (Å²) >= 11 is 6.22. The zero-order valence-corrected chi connectivity index (χ0v) is 18.6. The van der Waals surface area contributed by atoms with Crippen molar-refractivity contribution in [1.82, 2.24) is 10.2 Å². The van der Waals surface area contributed by atoms with Crippen LogP contribution in [0.3, 0.4) is 0 Å². The Balaban J connectivity index is 1.54. The van der Waals surface area contributed by atoms with Crippen molar-refractivity contribution < 1.29 is 18.3 Å². The van der Waals surface area contributed by atoms with Crippen LogP contribution in [0.5, 0.6) is 5.75 Å². The first-order valence-electron chi connectivity index (χ1n) is 10.5. The summed E-state index contributed by atoms with van der Waals surface area (Å²) in [7, 11) is -3.84. The lowest BCUT2D eigenvalue weighted by Crippen LogP contribution is -2.43. The number of allylic oxidation sites excluding steroid dienone is 1. The molecule has 3 atom stereocenters. The molecule has 30 heavy (non-hydrogen) atoms. The minimum absolute atomic E-state index is 0.0260. The van der Waals surface area contributed by atoms with Crippen LogP contribution in [0.15, 0.2) is 28.7 Å². The molecule has 2 saturated heterocycles. The van der Waals surface area contributed by atoms with Crippen LogP contribution in [0.4, 0.5) is 10.5 Å². The van der Waals surface area contributed by atoms with E-state index in [1.165, 1.54) is 12.1 Å². The van der Waals surface area contributed by atoms with Crippen LogP contribution >= 0.6 is 11.6 Å². The minimum Gasteiger partial charge on any atom is -0.504 e. The molecule has 164 valence electrons. The van der Waals surface area contributed by atoms with Crippen molar-refractivity contribution >= 4 is 33.2 Å². The number of piperidine rings is 1. The second-order valence-corrected chi connectivity index (χ2v) is 11.0. The molecule has 1 aliphatic carbocycles. The van der Waals surface area contributed by atoms with Crippen molar-refractivity contribution in [2.75, 3.05) is 18.4 Å². The molecule has 2 fully saturated rings. The third-order valence-electron chi connectivity index (χ3n) is 6.60. The fraction of sp³-hybridized carbons (Fsp3) is 0.571. The van der Waals surface area contributed by atoms with Gasteiger partial charge in [0, 0.05) is 6.04 Å². The number of sulfone groups is 1. The molecule has 0 bridgehead atoms. The van der Waals surface area contributed by atoms with E-state index >= 15 is 0 Å². The molecule has 0 saturated carbocycles. The van der Waals surface area contributed by atoms with Crippen molar-refractivity contribution in [2.24, 2.45) is 0 Å². The maximum absolute atomic E-state index is 13.4. The van der Waals surface area contributed by atoms with Crippen LogP contribution < -0.4 is 10.6 Å². The predicted octanol–water partition coefficient (Wildman–Crippen LogP) is 3.68. The number of hydrogen-bond donors (Lipinski definition) is 3. The highest BCUT2D eigenvalue weighted by Crippen LogP contribution is 2.41. The molecule has 1 aromatic carbocycles. The summed E-state index contributed by atoms with van der Waals surface area (Å²) in [5.41, 5.74) is 1.13. The number of nitrogens with zero attached hydrogens (tertiary/aromatic N) is 1. The van der Waals surface area contributed by atoms with E-state index in [2.05, 4.69) is 21.6 Å². The van der Waals surface area contributed by atoms with Gasteiger partial charge in [0.1, 0.15) is 4.90 Å². The highest BCUT2D eigenvalue weighted by Gasteiger charge is 2.40. The zero-order valence-electron chi connectivity index (χ0n) is 17.0. The lowest BCUT2D eigenvalue weighted by Gasteiger charge is -2.34. The number of phenolic OH excluding ortho intramolecular Hbond substituents is 1.